The van der Waals surface area contributed by atoms with E-state index in [9.17, 15) is 15.0 Å². The Morgan fingerprint density at radius 2 is 2.35 bits per heavy atom. The van der Waals surface area contributed by atoms with Crippen molar-refractivity contribution in [2.75, 3.05) is 11.9 Å². The Bertz CT molecular complexity index is 800. The Morgan fingerprint density at radius 1 is 1.52 bits per heavy atom. The molecular weight excluding hydrogens is 302 g/mol. The standard InChI is InChI=1S/C14H19N5O4/c1-7-2-3-18-13(22)11-12(17-14(18)16-7)19(6-15-11)10-4-8(21)9(5-20)23-10/h6-10,20-21H,2-5H2,1H3,(H,16,17)/t7?,8-,9+,10+/m0/s1. The Labute approximate surface area is 131 Å². The lowest BCUT2D eigenvalue weighted by Gasteiger charge is -2.24. The molecule has 3 N–H and O–H groups in total. The zero-order valence-electron chi connectivity index (χ0n) is 12.7. The number of fused-ring (bicyclic) bond motifs is 2. The number of aliphatic hydroxyl groups is 2. The maximum Gasteiger partial charge on any atom is 0.283 e. The normalized spacial score (nSPS) is 30.4. The van der Waals surface area contributed by atoms with Gasteiger partial charge in [0.05, 0.1) is 19.0 Å². The van der Waals surface area contributed by atoms with Crippen LogP contribution in [0, 0.1) is 0 Å². The zero-order chi connectivity index (χ0) is 16.1. The Hall–Kier alpha value is -1.97. The summed E-state index contributed by atoms with van der Waals surface area (Å²) in [6, 6.07) is 0.249. The SMILES string of the molecule is CC1CCn2c(nc3c(ncn3[C@H]3C[C@H](O)[C@@H](CO)O3)c2=O)N1. The average Bonchev–Trinajstić information content (AvgIpc) is 3.10. The molecule has 1 fully saturated rings. The van der Waals surface area contributed by atoms with E-state index in [0.717, 1.165) is 6.42 Å². The molecule has 0 aliphatic carbocycles. The Morgan fingerprint density at radius 3 is 3.09 bits per heavy atom. The van der Waals surface area contributed by atoms with Crippen molar-refractivity contribution >= 4 is 17.1 Å². The van der Waals surface area contributed by atoms with Gasteiger partial charge in [0, 0.05) is 19.0 Å². The second-order valence-corrected chi connectivity index (χ2v) is 6.17. The highest BCUT2D eigenvalue weighted by Gasteiger charge is 2.35. The number of hydrogen-bond acceptors (Lipinski definition) is 7. The lowest BCUT2D eigenvalue weighted by atomic mass is 10.2. The summed E-state index contributed by atoms with van der Waals surface area (Å²) < 4.78 is 8.88. The second kappa shape index (κ2) is 5.29. The van der Waals surface area contributed by atoms with Gasteiger partial charge in [0.15, 0.2) is 11.2 Å². The Balaban J connectivity index is 1.79. The van der Waals surface area contributed by atoms with Gasteiger partial charge in [-0.3, -0.25) is 13.9 Å². The number of nitrogens with one attached hydrogen (secondary N) is 1. The molecule has 23 heavy (non-hydrogen) atoms. The van der Waals surface area contributed by atoms with Crippen LogP contribution in [0.4, 0.5) is 5.95 Å². The lowest BCUT2D eigenvalue weighted by Crippen LogP contribution is -2.34. The molecule has 1 saturated heterocycles. The number of imidazole rings is 1. The van der Waals surface area contributed by atoms with Crippen molar-refractivity contribution in [1.82, 2.24) is 19.1 Å². The molecule has 4 atom stereocenters. The smallest absolute Gasteiger partial charge is 0.283 e. The molecule has 2 aliphatic rings. The van der Waals surface area contributed by atoms with Crippen LogP contribution in [0.25, 0.3) is 11.2 Å². The summed E-state index contributed by atoms with van der Waals surface area (Å²) in [7, 11) is 0. The van der Waals surface area contributed by atoms with E-state index in [1.165, 1.54) is 6.33 Å². The molecule has 0 saturated carbocycles. The van der Waals surface area contributed by atoms with Gasteiger partial charge in [-0.1, -0.05) is 0 Å². The number of hydrogen-bond donors (Lipinski definition) is 3. The minimum absolute atomic E-state index is 0.180. The van der Waals surface area contributed by atoms with Crippen molar-refractivity contribution in [3.05, 3.63) is 16.7 Å². The summed E-state index contributed by atoms with van der Waals surface area (Å²) in [4.78, 5) is 21.3. The molecule has 0 bridgehead atoms. The summed E-state index contributed by atoms with van der Waals surface area (Å²) in [5.41, 5.74) is 0.537. The molecule has 2 aromatic heterocycles. The third-order valence-electron chi connectivity index (χ3n) is 4.54. The molecule has 4 heterocycles. The van der Waals surface area contributed by atoms with Crippen molar-refractivity contribution in [2.24, 2.45) is 0 Å². The van der Waals surface area contributed by atoms with Crippen molar-refractivity contribution in [2.45, 2.75) is 50.8 Å². The molecule has 0 radical (unpaired) electrons. The molecule has 2 aliphatic heterocycles. The molecule has 9 heteroatoms. The zero-order valence-corrected chi connectivity index (χ0v) is 12.7. The lowest BCUT2D eigenvalue weighted by molar-refractivity contribution is -0.0432. The highest BCUT2D eigenvalue weighted by Crippen LogP contribution is 2.30. The number of nitrogens with zero attached hydrogens (tertiary/aromatic N) is 4. The number of anilines is 1. The third-order valence-corrected chi connectivity index (χ3v) is 4.54. The number of aliphatic hydroxyl groups excluding tert-OH is 2. The van der Waals surface area contributed by atoms with E-state index < -0.39 is 18.4 Å². The molecule has 4 rings (SSSR count). The fraction of sp³-hybridized carbons (Fsp3) is 0.643. The first-order valence-corrected chi connectivity index (χ1v) is 7.76. The van der Waals surface area contributed by atoms with Gasteiger partial charge in [0.1, 0.15) is 12.3 Å². The van der Waals surface area contributed by atoms with Crippen LogP contribution in [0.3, 0.4) is 0 Å². The van der Waals surface area contributed by atoms with E-state index in [1.807, 2.05) is 6.92 Å². The summed E-state index contributed by atoms with van der Waals surface area (Å²) in [6.45, 7) is 2.40. The van der Waals surface area contributed by atoms with Gasteiger partial charge in [-0.05, 0) is 13.3 Å². The van der Waals surface area contributed by atoms with Crippen LogP contribution >= 0.6 is 0 Å². The monoisotopic (exact) mass is 321 g/mol. The molecule has 1 unspecified atom stereocenters. The highest BCUT2D eigenvalue weighted by atomic mass is 16.5. The third kappa shape index (κ3) is 2.23. The van der Waals surface area contributed by atoms with Crippen LogP contribution in [0.1, 0.15) is 26.0 Å². The highest BCUT2D eigenvalue weighted by molar-refractivity contribution is 5.71. The largest absolute Gasteiger partial charge is 0.394 e. The van der Waals surface area contributed by atoms with Crippen LogP contribution in [0.2, 0.25) is 0 Å². The van der Waals surface area contributed by atoms with Crippen LogP contribution in [-0.2, 0) is 11.3 Å². The van der Waals surface area contributed by atoms with E-state index in [-0.39, 0.29) is 23.7 Å². The molecule has 0 aromatic carbocycles. The van der Waals surface area contributed by atoms with Crippen LogP contribution in [-0.4, -0.2) is 54.2 Å². The van der Waals surface area contributed by atoms with E-state index in [0.29, 0.717) is 24.6 Å². The first-order chi connectivity index (χ1) is 11.1. The molecule has 0 spiro atoms. The van der Waals surface area contributed by atoms with Gasteiger partial charge in [0.25, 0.3) is 5.56 Å². The van der Waals surface area contributed by atoms with Crippen molar-refractivity contribution in [1.29, 1.82) is 0 Å². The van der Waals surface area contributed by atoms with E-state index in [1.54, 1.807) is 9.13 Å². The summed E-state index contributed by atoms with van der Waals surface area (Å²) in [5, 5.41) is 22.3. The van der Waals surface area contributed by atoms with E-state index in [4.69, 9.17) is 4.74 Å². The van der Waals surface area contributed by atoms with Crippen molar-refractivity contribution in [3.63, 3.8) is 0 Å². The van der Waals surface area contributed by atoms with Gasteiger partial charge >= 0.3 is 0 Å². The Kier molecular flexibility index (Phi) is 3.36. The summed E-state index contributed by atoms with van der Waals surface area (Å²) in [5.74, 6) is 0.528. The first-order valence-electron chi connectivity index (χ1n) is 7.76. The van der Waals surface area contributed by atoms with Gasteiger partial charge in [0.2, 0.25) is 5.95 Å². The van der Waals surface area contributed by atoms with E-state index in [2.05, 4.69) is 15.3 Å². The van der Waals surface area contributed by atoms with Gasteiger partial charge in [-0.2, -0.15) is 4.98 Å². The predicted molar refractivity (Wildman–Crippen MR) is 81.1 cm³/mol. The van der Waals surface area contributed by atoms with Gasteiger partial charge in [-0.25, -0.2) is 4.98 Å². The molecule has 124 valence electrons. The number of rotatable bonds is 2. The van der Waals surface area contributed by atoms with Crippen molar-refractivity contribution < 1.29 is 14.9 Å². The fourth-order valence-corrected chi connectivity index (χ4v) is 3.19. The molecule has 9 nitrogen and oxygen atoms in total. The van der Waals surface area contributed by atoms with Crippen molar-refractivity contribution in [3.8, 4) is 0 Å². The molecular formula is C14H19N5O4. The van der Waals surface area contributed by atoms with Gasteiger partial charge in [-0.15, -0.1) is 0 Å². The van der Waals surface area contributed by atoms with E-state index >= 15 is 0 Å². The minimum atomic E-state index is -0.751. The predicted octanol–water partition coefficient (Wildman–Crippen LogP) is -0.562. The van der Waals surface area contributed by atoms with Crippen LogP contribution in [0.15, 0.2) is 11.1 Å². The van der Waals surface area contributed by atoms with Crippen LogP contribution < -0.4 is 10.9 Å². The maximum absolute atomic E-state index is 12.6. The quantitative estimate of drug-likeness (QED) is 0.679. The number of aromatic nitrogens is 4. The summed E-state index contributed by atoms with van der Waals surface area (Å²) >= 11 is 0. The van der Waals surface area contributed by atoms with Crippen LogP contribution in [0.5, 0.6) is 0 Å². The maximum atomic E-state index is 12.6. The molecule has 0 amide bonds. The number of ether oxygens (including phenoxy) is 1. The molecule has 2 aromatic rings. The first kappa shape index (κ1) is 14.6. The summed E-state index contributed by atoms with van der Waals surface area (Å²) in [6.07, 6.45) is 0.806. The minimum Gasteiger partial charge on any atom is -0.394 e. The average molecular weight is 321 g/mol. The topological polar surface area (TPSA) is 114 Å². The second-order valence-electron chi connectivity index (χ2n) is 6.17. The fourth-order valence-electron chi connectivity index (χ4n) is 3.19. The van der Waals surface area contributed by atoms with Gasteiger partial charge < -0.3 is 20.3 Å².